The van der Waals surface area contributed by atoms with Crippen molar-refractivity contribution < 1.29 is 14.3 Å². The smallest absolute Gasteiger partial charge is 0.369 e. The van der Waals surface area contributed by atoms with Gasteiger partial charge in [-0.2, -0.15) is 4.68 Å². The zero-order valence-electron chi connectivity index (χ0n) is 10.4. The number of ether oxygens (including phenoxy) is 1. The minimum absolute atomic E-state index is 0.0222. The van der Waals surface area contributed by atoms with Crippen molar-refractivity contribution in [2.45, 2.75) is 0 Å². The molecule has 0 radical (unpaired) electrons. The molecule has 1 aliphatic rings. The molecule has 4 rings (SSSR count). The predicted octanol–water partition coefficient (Wildman–Crippen LogP) is 1.70. The maximum absolute atomic E-state index is 11.6. The van der Waals surface area contributed by atoms with E-state index in [1.807, 2.05) is 35.7 Å². The van der Waals surface area contributed by atoms with E-state index in [1.165, 1.54) is 16.0 Å². The Kier molecular flexibility index (Phi) is 2.45. The lowest BCUT2D eigenvalue weighted by molar-refractivity contribution is 0.0434. The Bertz CT molecular complexity index is 869. The maximum atomic E-state index is 11.6. The number of aromatic nitrogens is 4. The average Bonchev–Trinajstić information content (AvgIpc) is 3.19. The van der Waals surface area contributed by atoms with Crippen LogP contribution < -0.4 is 0 Å². The first-order valence-electron chi connectivity index (χ1n) is 5.97. The van der Waals surface area contributed by atoms with E-state index in [4.69, 9.17) is 0 Å². The van der Waals surface area contributed by atoms with Gasteiger partial charge in [-0.05, 0) is 0 Å². The lowest BCUT2D eigenvalue weighted by Crippen LogP contribution is -2.08. The zero-order valence-corrected chi connectivity index (χ0v) is 11.2. The van der Waals surface area contributed by atoms with E-state index in [0.717, 1.165) is 11.3 Å². The topological polar surface area (TPSA) is 87.0 Å². The number of nitrogens with zero attached hydrogens (tertiary/aromatic N) is 4. The fourth-order valence-corrected chi connectivity index (χ4v) is 2.80. The standard InChI is InChI=1S/C13H6N4O3S/c18-11-9-10(12(19)20-11)17(16-15-9)13-14-8(6-21-13)7-4-2-1-3-5-7/h1-6H. The van der Waals surface area contributed by atoms with Crippen molar-refractivity contribution in [3.8, 4) is 16.4 Å². The SMILES string of the molecule is O=C1OC(=O)c2c1nnn2-c1nc(-c2ccccc2)cs1. The van der Waals surface area contributed by atoms with Crippen LogP contribution in [0.1, 0.15) is 21.0 Å². The number of benzene rings is 1. The second-order valence-corrected chi connectivity index (χ2v) is 5.09. The van der Waals surface area contributed by atoms with Crippen molar-refractivity contribution in [2.24, 2.45) is 0 Å². The van der Waals surface area contributed by atoms with Crippen molar-refractivity contribution in [2.75, 3.05) is 0 Å². The molecule has 0 amide bonds. The van der Waals surface area contributed by atoms with Crippen molar-refractivity contribution in [3.63, 3.8) is 0 Å². The second kappa shape index (κ2) is 4.32. The van der Waals surface area contributed by atoms with Crippen LogP contribution in [-0.4, -0.2) is 31.9 Å². The van der Waals surface area contributed by atoms with Crippen molar-refractivity contribution in [3.05, 3.63) is 47.1 Å². The van der Waals surface area contributed by atoms with E-state index in [9.17, 15) is 9.59 Å². The van der Waals surface area contributed by atoms with Crippen LogP contribution in [0.3, 0.4) is 0 Å². The zero-order chi connectivity index (χ0) is 14.4. The number of esters is 2. The summed E-state index contributed by atoms with van der Waals surface area (Å²) in [6.07, 6.45) is 0. The normalized spacial score (nSPS) is 13.3. The molecular weight excluding hydrogens is 292 g/mol. The molecule has 1 aliphatic heterocycles. The molecule has 0 atom stereocenters. The summed E-state index contributed by atoms with van der Waals surface area (Å²) in [4.78, 5) is 27.4. The van der Waals surface area contributed by atoms with Gasteiger partial charge in [0.2, 0.25) is 10.8 Å². The summed E-state index contributed by atoms with van der Waals surface area (Å²) in [5, 5.41) is 9.78. The summed E-state index contributed by atoms with van der Waals surface area (Å²) in [7, 11) is 0. The summed E-state index contributed by atoms with van der Waals surface area (Å²) in [6, 6.07) is 9.61. The largest absolute Gasteiger partial charge is 0.383 e. The predicted molar refractivity (Wildman–Crippen MR) is 72.2 cm³/mol. The lowest BCUT2D eigenvalue weighted by Gasteiger charge is -1.97. The molecule has 0 fully saturated rings. The Morgan fingerprint density at radius 2 is 1.90 bits per heavy atom. The molecule has 8 heteroatoms. The van der Waals surface area contributed by atoms with Crippen LogP contribution in [0.15, 0.2) is 35.7 Å². The van der Waals surface area contributed by atoms with Crippen molar-refractivity contribution >= 4 is 23.3 Å². The minimum Gasteiger partial charge on any atom is -0.383 e. The third-order valence-corrected chi connectivity index (χ3v) is 3.80. The van der Waals surface area contributed by atoms with E-state index in [0.29, 0.717) is 5.13 Å². The summed E-state index contributed by atoms with van der Waals surface area (Å²) >= 11 is 1.30. The van der Waals surface area contributed by atoms with Crippen molar-refractivity contribution in [1.82, 2.24) is 20.0 Å². The molecule has 0 spiro atoms. The third kappa shape index (κ3) is 1.77. The monoisotopic (exact) mass is 298 g/mol. The quantitative estimate of drug-likeness (QED) is 0.528. The highest BCUT2D eigenvalue weighted by Gasteiger charge is 2.37. The highest BCUT2D eigenvalue weighted by atomic mass is 32.1. The maximum Gasteiger partial charge on any atom is 0.369 e. The molecule has 21 heavy (non-hydrogen) atoms. The minimum atomic E-state index is -0.777. The molecule has 1 aromatic carbocycles. The number of cyclic esters (lactones) is 2. The van der Waals surface area contributed by atoms with Gasteiger partial charge in [0.25, 0.3) is 0 Å². The summed E-state index contributed by atoms with van der Waals surface area (Å²) in [5.74, 6) is -1.53. The molecule has 102 valence electrons. The van der Waals surface area contributed by atoms with Gasteiger partial charge >= 0.3 is 11.9 Å². The second-order valence-electron chi connectivity index (χ2n) is 4.26. The molecule has 7 nitrogen and oxygen atoms in total. The summed E-state index contributed by atoms with van der Waals surface area (Å²) in [6.45, 7) is 0. The number of hydrogen-bond donors (Lipinski definition) is 0. The number of carbonyl (C=O) groups excluding carboxylic acids is 2. The number of fused-ring (bicyclic) bond motifs is 1. The van der Waals surface area contributed by atoms with Gasteiger partial charge in [0.1, 0.15) is 0 Å². The van der Waals surface area contributed by atoms with Crippen LogP contribution in [0.4, 0.5) is 0 Å². The first-order valence-corrected chi connectivity index (χ1v) is 6.85. The van der Waals surface area contributed by atoms with E-state index >= 15 is 0 Å². The molecule has 0 saturated carbocycles. The lowest BCUT2D eigenvalue weighted by atomic mass is 10.2. The van der Waals surface area contributed by atoms with Crippen LogP contribution in [-0.2, 0) is 4.74 Å². The average molecular weight is 298 g/mol. The van der Waals surface area contributed by atoms with Crippen LogP contribution in [0.25, 0.3) is 16.4 Å². The third-order valence-electron chi connectivity index (χ3n) is 2.99. The van der Waals surface area contributed by atoms with Crippen LogP contribution >= 0.6 is 11.3 Å². The molecule has 0 saturated heterocycles. The Morgan fingerprint density at radius 1 is 1.10 bits per heavy atom. The Morgan fingerprint density at radius 3 is 2.71 bits per heavy atom. The van der Waals surface area contributed by atoms with Gasteiger partial charge in [0.15, 0.2) is 5.69 Å². The Hall–Kier alpha value is -2.87. The summed E-state index contributed by atoms with van der Waals surface area (Å²) < 4.78 is 5.74. The molecule has 3 aromatic rings. The number of hydrogen-bond acceptors (Lipinski definition) is 7. The van der Waals surface area contributed by atoms with Gasteiger partial charge in [-0.25, -0.2) is 14.6 Å². The molecule has 0 N–H and O–H groups in total. The molecule has 3 heterocycles. The fraction of sp³-hybridized carbons (Fsp3) is 0. The van der Waals surface area contributed by atoms with Crippen LogP contribution in [0, 0.1) is 0 Å². The van der Waals surface area contributed by atoms with Crippen LogP contribution in [0.5, 0.6) is 0 Å². The van der Waals surface area contributed by atoms with Gasteiger partial charge in [-0.1, -0.05) is 35.5 Å². The highest BCUT2D eigenvalue weighted by molar-refractivity contribution is 7.12. The molecule has 0 aliphatic carbocycles. The van der Waals surface area contributed by atoms with E-state index in [1.54, 1.807) is 0 Å². The highest BCUT2D eigenvalue weighted by Crippen LogP contribution is 2.26. The fourth-order valence-electron chi connectivity index (χ4n) is 2.02. The Labute approximate surface area is 121 Å². The van der Waals surface area contributed by atoms with E-state index in [-0.39, 0.29) is 11.4 Å². The molecule has 2 aromatic heterocycles. The molecular formula is C13H6N4O3S. The van der Waals surface area contributed by atoms with Gasteiger partial charge in [-0.15, -0.1) is 16.4 Å². The number of thiazole rings is 1. The van der Waals surface area contributed by atoms with E-state index < -0.39 is 11.9 Å². The summed E-state index contributed by atoms with van der Waals surface area (Å²) in [5.41, 5.74) is 1.67. The van der Waals surface area contributed by atoms with Gasteiger partial charge in [0, 0.05) is 10.9 Å². The van der Waals surface area contributed by atoms with Gasteiger partial charge in [0.05, 0.1) is 5.69 Å². The number of carbonyl (C=O) groups is 2. The molecule has 0 unspecified atom stereocenters. The Balaban J connectivity index is 1.80. The first-order chi connectivity index (χ1) is 10.2. The van der Waals surface area contributed by atoms with Crippen LogP contribution in [0.2, 0.25) is 0 Å². The number of rotatable bonds is 2. The van der Waals surface area contributed by atoms with E-state index in [2.05, 4.69) is 20.0 Å². The van der Waals surface area contributed by atoms with Gasteiger partial charge in [-0.3, -0.25) is 0 Å². The first kappa shape index (κ1) is 11.9. The molecule has 0 bridgehead atoms. The van der Waals surface area contributed by atoms with Gasteiger partial charge < -0.3 is 4.74 Å². The van der Waals surface area contributed by atoms with Crippen molar-refractivity contribution in [1.29, 1.82) is 0 Å².